The first-order valence-electron chi connectivity index (χ1n) is 10.00. The highest BCUT2D eigenvalue weighted by Gasteiger charge is 2.32. The van der Waals surface area contributed by atoms with Crippen LogP contribution in [0, 0.1) is 0 Å². The molecule has 0 saturated heterocycles. The summed E-state index contributed by atoms with van der Waals surface area (Å²) in [4.78, 5) is 34.0. The third-order valence-electron chi connectivity index (χ3n) is 5.13. The summed E-state index contributed by atoms with van der Waals surface area (Å²) in [7, 11) is 1.61. The second-order valence-electron chi connectivity index (χ2n) is 7.23. The number of pyridine rings is 1. The number of hydrogen-bond donors (Lipinski definition) is 2. The Labute approximate surface area is 180 Å². The zero-order valence-electron chi connectivity index (χ0n) is 17.5. The summed E-state index contributed by atoms with van der Waals surface area (Å²) in [6, 6.07) is 11.5. The Bertz CT molecular complexity index is 1090. The van der Waals surface area contributed by atoms with Gasteiger partial charge in [-0.2, -0.15) is 0 Å². The fourth-order valence-electron chi connectivity index (χ4n) is 3.63. The van der Waals surface area contributed by atoms with Gasteiger partial charge in [-0.05, 0) is 18.2 Å². The molecule has 0 aliphatic carbocycles. The maximum Gasteiger partial charge on any atom is 0.220 e. The lowest BCUT2D eigenvalue weighted by atomic mass is 10.0. The normalized spacial score (nSPS) is 13.1. The summed E-state index contributed by atoms with van der Waals surface area (Å²) in [5.41, 5.74) is 4.25. The maximum atomic E-state index is 13.0. The number of amides is 1. The van der Waals surface area contributed by atoms with Crippen molar-refractivity contribution in [3.63, 3.8) is 0 Å². The number of benzene rings is 1. The summed E-state index contributed by atoms with van der Waals surface area (Å²) >= 11 is 0. The van der Waals surface area contributed by atoms with Gasteiger partial charge >= 0.3 is 0 Å². The third-order valence-corrected chi connectivity index (χ3v) is 5.13. The average molecular weight is 420 g/mol. The van der Waals surface area contributed by atoms with Crippen molar-refractivity contribution in [1.29, 1.82) is 0 Å². The molecule has 31 heavy (non-hydrogen) atoms. The fraction of sp³-hybridized carbons (Fsp3) is 0.261. The smallest absolute Gasteiger partial charge is 0.220 e. The number of nitrogens with zero attached hydrogens (tertiary/aromatic N) is 2. The second kappa shape index (κ2) is 9.01. The van der Waals surface area contributed by atoms with Crippen LogP contribution in [0.2, 0.25) is 0 Å². The Kier molecular flexibility index (Phi) is 5.99. The minimum atomic E-state index is -0.139. The molecule has 0 atom stereocenters. The van der Waals surface area contributed by atoms with Gasteiger partial charge in [0.1, 0.15) is 12.4 Å². The Morgan fingerprint density at radius 2 is 2.00 bits per heavy atom. The SMILES string of the molecule is COCCOc1cnccc1-c1[nH]c2c(c1Nc1ccccc1)C(=O)CN(C(C)=O)C2. The van der Waals surface area contributed by atoms with Crippen molar-refractivity contribution in [1.82, 2.24) is 14.9 Å². The molecule has 8 nitrogen and oxygen atoms in total. The van der Waals surface area contributed by atoms with Gasteiger partial charge in [0.05, 0.1) is 42.8 Å². The molecule has 8 heteroatoms. The molecule has 3 aromatic rings. The largest absolute Gasteiger partial charge is 0.489 e. The Hall–Kier alpha value is -3.65. The van der Waals surface area contributed by atoms with Crippen LogP contribution in [0.15, 0.2) is 48.8 Å². The van der Waals surface area contributed by atoms with E-state index in [1.807, 2.05) is 36.4 Å². The van der Waals surface area contributed by atoms with Crippen LogP contribution < -0.4 is 10.1 Å². The third kappa shape index (κ3) is 4.29. The maximum absolute atomic E-state index is 13.0. The fourth-order valence-corrected chi connectivity index (χ4v) is 3.63. The van der Waals surface area contributed by atoms with E-state index in [1.165, 1.54) is 11.8 Å². The Morgan fingerprint density at radius 3 is 2.74 bits per heavy atom. The number of fused-ring (bicyclic) bond motifs is 1. The van der Waals surface area contributed by atoms with E-state index in [9.17, 15) is 9.59 Å². The minimum absolute atomic E-state index is 0.0522. The van der Waals surface area contributed by atoms with Gasteiger partial charge in [0.25, 0.3) is 0 Å². The predicted octanol–water partition coefficient (Wildman–Crippen LogP) is 3.39. The molecule has 0 fully saturated rings. The van der Waals surface area contributed by atoms with Crippen LogP contribution in [-0.2, 0) is 16.1 Å². The van der Waals surface area contributed by atoms with Gasteiger partial charge in [0.15, 0.2) is 5.78 Å². The summed E-state index contributed by atoms with van der Waals surface area (Å²) < 4.78 is 10.9. The molecule has 3 heterocycles. The highest BCUT2D eigenvalue weighted by molar-refractivity contribution is 6.09. The van der Waals surface area contributed by atoms with Crippen LogP contribution in [0.5, 0.6) is 5.75 Å². The number of ether oxygens (including phenoxy) is 2. The minimum Gasteiger partial charge on any atom is -0.489 e. The number of H-pyrrole nitrogens is 1. The topological polar surface area (TPSA) is 96.6 Å². The van der Waals surface area contributed by atoms with Crippen molar-refractivity contribution >= 4 is 23.1 Å². The van der Waals surface area contributed by atoms with Crippen molar-refractivity contribution < 1.29 is 19.1 Å². The van der Waals surface area contributed by atoms with Crippen LogP contribution >= 0.6 is 0 Å². The molecule has 1 aromatic carbocycles. The molecule has 1 amide bonds. The number of ketones is 1. The number of carbonyl (C=O) groups is 2. The number of methoxy groups -OCH3 is 1. The molecule has 0 unspecified atom stereocenters. The molecule has 0 bridgehead atoms. The first-order chi connectivity index (χ1) is 15.1. The van der Waals surface area contributed by atoms with E-state index in [-0.39, 0.29) is 18.2 Å². The van der Waals surface area contributed by atoms with E-state index >= 15 is 0 Å². The van der Waals surface area contributed by atoms with Crippen molar-refractivity contribution in [2.24, 2.45) is 0 Å². The summed E-state index contributed by atoms with van der Waals surface area (Å²) in [5.74, 6) is 0.318. The highest BCUT2D eigenvalue weighted by Crippen LogP contribution is 2.41. The molecule has 2 N–H and O–H groups in total. The second-order valence-corrected chi connectivity index (χ2v) is 7.23. The van der Waals surface area contributed by atoms with Crippen LogP contribution in [0.1, 0.15) is 23.0 Å². The van der Waals surface area contributed by atoms with E-state index in [0.29, 0.717) is 48.1 Å². The summed E-state index contributed by atoms with van der Waals surface area (Å²) in [6.07, 6.45) is 3.31. The lowest BCUT2D eigenvalue weighted by Crippen LogP contribution is -2.38. The molecular formula is C23H24N4O4. The van der Waals surface area contributed by atoms with Crippen molar-refractivity contribution in [3.05, 3.63) is 60.0 Å². The number of nitrogens with one attached hydrogen (secondary N) is 2. The number of para-hydroxylation sites is 1. The standard InChI is InChI=1S/C23H24N4O4/c1-15(28)27-13-18-21(19(29)14-27)23(25-16-6-4-3-5-7-16)22(26-18)17-8-9-24-12-20(17)31-11-10-30-2/h3-9,12,25-26H,10-11,13-14H2,1-2H3. The molecule has 0 saturated carbocycles. The van der Waals surface area contributed by atoms with E-state index in [2.05, 4.69) is 15.3 Å². The van der Waals surface area contributed by atoms with Crippen LogP contribution in [0.3, 0.4) is 0 Å². The van der Waals surface area contributed by atoms with Gasteiger partial charge in [0.2, 0.25) is 5.91 Å². The Morgan fingerprint density at radius 1 is 1.19 bits per heavy atom. The van der Waals surface area contributed by atoms with Crippen LogP contribution in [0.4, 0.5) is 11.4 Å². The van der Waals surface area contributed by atoms with Crippen LogP contribution in [0.25, 0.3) is 11.3 Å². The predicted molar refractivity (Wildman–Crippen MR) is 117 cm³/mol. The van der Waals surface area contributed by atoms with Crippen LogP contribution in [-0.4, -0.2) is 53.4 Å². The van der Waals surface area contributed by atoms with E-state index < -0.39 is 0 Å². The molecule has 0 radical (unpaired) electrons. The lowest BCUT2D eigenvalue weighted by molar-refractivity contribution is -0.129. The molecule has 2 aromatic heterocycles. The molecule has 0 spiro atoms. The van der Waals surface area contributed by atoms with Crippen molar-refractivity contribution in [2.45, 2.75) is 13.5 Å². The molecule has 4 rings (SSSR count). The zero-order valence-corrected chi connectivity index (χ0v) is 17.5. The van der Waals surface area contributed by atoms with E-state index in [0.717, 1.165) is 11.3 Å². The molecule has 1 aliphatic heterocycles. The monoisotopic (exact) mass is 420 g/mol. The first kappa shape index (κ1) is 20.6. The number of aromatic nitrogens is 2. The van der Waals surface area contributed by atoms with E-state index in [1.54, 1.807) is 19.5 Å². The quantitative estimate of drug-likeness (QED) is 0.569. The van der Waals surface area contributed by atoms with Gasteiger partial charge in [-0.3, -0.25) is 14.6 Å². The Balaban J connectivity index is 1.82. The number of anilines is 2. The lowest BCUT2D eigenvalue weighted by Gasteiger charge is -2.25. The van der Waals surface area contributed by atoms with Gasteiger partial charge in [-0.25, -0.2) is 0 Å². The number of rotatable bonds is 7. The van der Waals surface area contributed by atoms with E-state index in [4.69, 9.17) is 9.47 Å². The van der Waals surface area contributed by atoms with Crippen molar-refractivity contribution in [3.8, 4) is 17.0 Å². The molecule has 160 valence electrons. The summed E-state index contributed by atoms with van der Waals surface area (Å²) in [6.45, 7) is 2.67. The van der Waals surface area contributed by atoms with Crippen molar-refractivity contribution in [2.75, 3.05) is 32.2 Å². The molecule has 1 aliphatic rings. The van der Waals surface area contributed by atoms with Gasteiger partial charge in [-0.1, -0.05) is 18.2 Å². The number of carbonyl (C=O) groups excluding carboxylic acids is 2. The first-order valence-corrected chi connectivity index (χ1v) is 10.00. The number of aromatic amines is 1. The zero-order chi connectivity index (χ0) is 21.8. The molecular weight excluding hydrogens is 396 g/mol. The van der Waals surface area contributed by atoms with Gasteiger partial charge < -0.3 is 24.7 Å². The summed E-state index contributed by atoms with van der Waals surface area (Å²) in [5, 5.41) is 3.39. The average Bonchev–Trinajstić information content (AvgIpc) is 3.13. The number of Topliss-reactive ketones (excluding diaryl/α,β-unsaturated/α-hetero) is 1. The number of hydrogen-bond acceptors (Lipinski definition) is 6. The van der Waals surface area contributed by atoms with Gasteiger partial charge in [0, 0.05) is 37.2 Å². The van der Waals surface area contributed by atoms with Gasteiger partial charge in [-0.15, -0.1) is 0 Å². The highest BCUT2D eigenvalue weighted by atomic mass is 16.5.